The number of thiocarbonyl (C=S) groups is 1. The number of amides is 1. The number of ether oxygens (including phenoxy) is 2. The molecule has 0 spiro atoms. The number of hydrogen-bond donors (Lipinski definition) is 0. The molecule has 1 amide bonds. The molecule has 8 heteroatoms. The van der Waals surface area contributed by atoms with Crippen molar-refractivity contribution in [3.63, 3.8) is 0 Å². The standard InChI is InChI=1S/C19H15BrN2O3S2/c1-24-14-6-3-12(4-7-14)10-17-18(23)22(19(26)27-17)21-11-13-5-8-16(25-2)15(20)9-13/h3-11H,1-2H3. The quantitative estimate of drug-likeness (QED) is 0.366. The molecular weight excluding hydrogens is 448 g/mol. The highest BCUT2D eigenvalue weighted by molar-refractivity contribution is 9.10. The van der Waals surface area contributed by atoms with Gasteiger partial charge in [-0.1, -0.05) is 23.9 Å². The maximum absolute atomic E-state index is 12.6. The van der Waals surface area contributed by atoms with Crippen molar-refractivity contribution in [2.24, 2.45) is 5.10 Å². The van der Waals surface area contributed by atoms with Gasteiger partial charge in [0.05, 0.1) is 29.8 Å². The second kappa shape index (κ2) is 8.69. The summed E-state index contributed by atoms with van der Waals surface area (Å²) in [5.41, 5.74) is 1.70. The third-order valence-electron chi connectivity index (χ3n) is 3.69. The molecule has 2 aromatic carbocycles. The summed E-state index contributed by atoms with van der Waals surface area (Å²) in [6.45, 7) is 0. The van der Waals surface area contributed by atoms with Crippen LogP contribution in [0, 0.1) is 0 Å². The first-order chi connectivity index (χ1) is 13.0. The van der Waals surface area contributed by atoms with E-state index in [0.717, 1.165) is 27.1 Å². The van der Waals surface area contributed by atoms with E-state index in [9.17, 15) is 4.79 Å². The lowest BCUT2D eigenvalue weighted by Gasteiger charge is -2.07. The van der Waals surface area contributed by atoms with E-state index in [4.69, 9.17) is 21.7 Å². The Morgan fingerprint density at radius 3 is 2.44 bits per heavy atom. The Balaban J connectivity index is 1.77. The molecule has 0 aromatic heterocycles. The number of carbonyl (C=O) groups excluding carboxylic acids is 1. The predicted octanol–water partition coefficient (Wildman–Crippen LogP) is 4.70. The van der Waals surface area contributed by atoms with Crippen molar-refractivity contribution < 1.29 is 14.3 Å². The highest BCUT2D eigenvalue weighted by Crippen LogP contribution is 2.33. The minimum absolute atomic E-state index is 0.246. The highest BCUT2D eigenvalue weighted by Gasteiger charge is 2.32. The van der Waals surface area contributed by atoms with Gasteiger partial charge in [0.1, 0.15) is 11.5 Å². The zero-order valence-electron chi connectivity index (χ0n) is 14.5. The number of hydrogen-bond acceptors (Lipinski definition) is 6. The van der Waals surface area contributed by atoms with Crippen LogP contribution in [0.4, 0.5) is 0 Å². The Morgan fingerprint density at radius 1 is 1.11 bits per heavy atom. The van der Waals surface area contributed by atoms with Gasteiger partial charge in [0.25, 0.3) is 5.91 Å². The molecule has 27 heavy (non-hydrogen) atoms. The molecule has 1 heterocycles. The van der Waals surface area contributed by atoms with Crippen LogP contribution in [0.5, 0.6) is 11.5 Å². The van der Waals surface area contributed by atoms with Gasteiger partial charge < -0.3 is 9.47 Å². The number of nitrogens with zero attached hydrogens (tertiary/aromatic N) is 2. The van der Waals surface area contributed by atoms with Crippen LogP contribution in [0.2, 0.25) is 0 Å². The zero-order valence-corrected chi connectivity index (χ0v) is 17.7. The van der Waals surface area contributed by atoms with Crippen LogP contribution in [0.25, 0.3) is 6.08 Å². The number of benzene rings is 2. The van der Waals surface area contributed by atoms with Crippen molar-refractivity contribution >= 4 is 62.4 Å². The smallest absolute Gasteiger partial charge is 0.286 e. The van der Waals surface area contributed by atoms with E-state index >= 15 is 0 Å². The number of thioether (sulfide) groups is 1. The lowest BCUT2D eigenvalue weighted by molar-refractivity contribution is -0.122. The van der Waals surface area contributed by atoms with E-state index in [1.807, 2.05) is 42.5 Å². The molecule has 0 N–H and O–H groups in total. The summed E-state index contributed by atoms with van der Waals surface area (Å²) < 4.78 is 11.5. The molecule has 1 saturated heterocycles. The summed E-state index contributed by atoms with van der Waals surface area (Å²) >= 11 is 9.95. The Labute approximate surface area is 175 Å². The van der Waals surface area contributed by atoms with Gasteiger partial charge >= 0.3 is 0 Å². The van der Waals surface area contributed by atoms with Gasteiger partial charge in [-0.05, 0) is 75.7 Å². The van der Waals surface area contributed by atoms with E-state index < -0.39 is 0 Å². The van der Waals surface area contributed by atoms with Gasteiger partial charge in [-0.25, -0.2) is 0 Å². The van der Waals surface area contributed by atoms with Gasteiger partial charge in [0.15, 0.2) is 4.32 Å². The summed E-state index contributed by atoms with van der Waals surface area (Å²) in [7, 11) is 3.21. The van der Waals surface area contributed by atoms with Crippen LogP contribution in [0.15, 0.2) is 56.9 Å². The molecule has 0 atom stereocenters. The molecular formula is C19H15BrN2O3S2. The van der Waals surface area contributed by atoms with E-state index in [1.54, 1.807) is 26.5 Å². The Bertz CT molecular complexity index is 942. The SMILES string of the molecule is COc1ccc(C=C2SC(=S)N(N=Cc3ccc(OC)c(Br)c3)C2=O)cc1. The van der Waals surface area contributed by atoms with E-state index in [-0.39, 0.29) is 5.91 Å². The number of rotatable bonds is 5. The zero-order chi connectivity index (χ0) is 19.4. The van der Waals surface area contributed by atoms with E-state index in [0.29, 0.717) is 9.23 Å². The van der Waals surface area contributed by atoms with E-state index in [2.05, 4.69) is 21.0 Å². The second-order valence-electron chi connectivity index (χ2n) is 5.41. The number of carbonyl (C=O) groups is 1. The third kappa shape index (κ3) is 4.58. The largest absolute Gasteiger partial charge is 0.497 e. The molecule has 1 aliphatic rings. The van der Waals surface area contributed by atoms with Crippen molar-refractivity contribution in [1.82, 2.24) is 5.01 Å². The molecule has 1 fully saturated rings. The average Bonchev–Trinajstić information content (AvgIpc) is 2.94. The minimum Gasteiger partial charge on any atom is -0.497 e. The molecule has 138 valence electrons. The lowest BCUT2D eigenvalue weighted by Crippen LogP contribution is -2.22. The highest BCUT2D eigenvalue weighted by atomic mass is 79.9. The van der Waals surface area contributed by atoms with Gasteiger partial charge in [0, 0.05) is 0 Å². The van der Waals surface area contributed by atoms with Gasteiger partial charge in [0.2, 0.25) is 0 Å². The van der Waals surface area contributed by atoms with E-state index in [1.165, 1.54) is 16.8 Å². The fraction of sp³-hybridized carbons (Fsp3) is 0.105. The molecule has 0 saturated carbocycles. The molecule has 2 aromatic rings. The van der Waals surface area contributed by atoms with Crippen LogP contribution < -0.4 is 9.47 Å². The monoisotopic (exact) mass is 462 g/mol. The second-order valence-corrected chi connectivity index (χ2v) is 7.94. The van der Waals surface area contributed by atoms with Crippen molar-refractivity contribution in [3.05, 3.63) is 63.0 Å². The molecule has 0 radical (unpaired) electrons. The molecule has 3 rings (SSSR count). The van der Waals surface area contributed by atoms with Crippen molar-refractivity contribution in [2.45, 2.75) is 0 Å². The maximum atomic E-state index is 12.6. The Hall–Kier alpha value is -2.16. The number of hydrazone groups is 1. The summed E-state index contributed by atoms with van der Waals surface area (Å²) in [6.07, 6.45) is 3.38. The van der Waals surface area contributed by atoms with Gasteiger partial charge in [-0.15, -0.1) is 0 Å². The molecule has 1 aliphatic heterocycles. The molecule has 5 nitrogen and oxygen atoms in total. The van der Waals surface area contributed by atoms with Crippen LogP contribution in [-0.4, -0.2) is 35.7 Å². The summed E-state index contributed by atoms with van der Waals surface area (Å²) in [5, 5.41) is 5.48. The Morgan fingerprint density at radius 2 is 1.81 bits per heavy atom. The lowest BCUT2D eigenvalue weighted by atomic mass is 10.2. The average molecular weight is 463 g/mol. The maximum Gasteiger partial charge on any atom is 0.286 e. The van der Waals surface area contributed by atoms with Gasteiger partial charge in [-0.3, -0.25) is 4.79 Å². The number of halogens is 1. The normalized spacial score (nSPS) is 15.8. The topological polar surface area (TPSA) is 51.1 Å². The molecule has 0 unspecified atom stereocenters. The summed E-state index contributed by atoms with van der Waals surface area (Å²) in [4.78, 5) is 13.1. The minimum atomic E-state index is -0.246. The van der Waals surface area contributed by atoms with Crippen molar-refractivity contribution in [3.8, 4) is 11.5 Å². The Kier molecular flexibility index (Phi) is 6.30. The van der Waals surface area contributed by atoms with Crippen LogP contribution >= 0.6 is 39.9 Å². The van der Waals surface area contributed by atoms with Crippen LogP contribution in [0.3, 0.4) is 0 Å². The molecule has 0 bridgehead atoms. The summed E-state index contributed by atoms with van der Waals surface area (Å²) in [6, 6.07) is 13.0. The first-order valence-electron chi connectivity index (χ1n) is 7.81. The van der Waals surface area contributed by atoms with Crippen molar-refractivity contribution in [1.29, 1.82) is 0 Å². The van der Waals surface area contributed by atoms with Gasteiger partial charge in [-0.2, -0.15) is 10.1 Å². The number of methoxy groups -OCH3 is 2. The summed E-state index contributed by atoms with van der Waals surface area (Å²) in [5.74, 6) is 1.24. The predicted molar refractivity (Wildman–Crippen MR) is 116 cm³/mol. The first kappa shape index (κ1) is 19.6. The van der Waals surface area contributed by atoms with Crippen LogP contribution in [-0.2, 0) is 4.79 Å². The third-order valence-corrected chi connectivity index (χ3v) is 5.59. The van der Waals surface area contributed by atoms with Crippen LogP contribution in [0.1, 0.15) is 11.1 Å². The fourth-order valence-corrected chi connectivity index (χ4v) is 4.03. The fourth-order valence-electron chi connectivity index (χ4n) is 2.30. The molecule has 0 aliphatic carbocycles. The first-order valence-corrected chi connectivity index (χ1v) is 9.83. The van der Waals surface area contributed by atoms with Crippen molar-refractivity contribution in [2.75, 3.05) is 14.2 Å².